The molecule has 8 heterocycles. The second-order valence-corrected chi connectivity index (χ2v) is 49.8. The summed E-state index contributed by atoms with van der Waals surface area (Å²) in [6.07, 6.45) is 41.2. The first-order chi connectivity index (χ1) is 68.4. The minimum absolute atomic E-state index is 0.0633. The van der Waals surface area contributed by atoms with Crippen LogP contribution in [0.3, 0.4) is 0 Å². The van der Waals surface area contributed by atoms with E-state index in [1.165, 1.54) is 0 Å². The standard InChI is InChI=1S/C116H223N23O5/c1-34-48-65-126(66-49-35-2)99-117-100(127(67-50-36-3)68-51-37-4)120-103(119-99)132(96-87-111(22,23)137(142-80-45-12)112(24,25)88-96)75-62-58-57-61-74-130(94-83-93(15)135(140-78-43-10)108(16,17)84-94)105-123-106(131(73-56-42-9)95-85-109(18,19)136(141-79-44-11)110(20,21)86-95)125-107(124-105)134(98-91-115(30,31)139(144-82-47-14)116(32,33)92-98)77-64-60-59-63-76-133(97-89-113(26,27)138(143-81-46-13)114(28,29)90-97)104-121-101(128(69-52-38-5)70-53-39-6)118-102(122-104)129(71-54-40-7)72-55-41-8/h93-98H,34-92H2,1-33H3. The molecule has 28 heteroatoms. The van der Waals surface area contributed by atoms with Gasteiger partial charge in [0, 0.05) is 171 Å². The highest BCUT2D eigenvalue weighted by Gasteiger charge is 2.55. The highest BCUT2D eigenvalue weighted by atomic mass is 16.7. The van der Waals surface area contributed by atoms with Crippen molar-refractivity contribution in [3.8, 4) is 0 Å². The summed E-state index contributed by atoms with van der Waals surface area (Å²) in [5, 5.41) is 11.8. The Balaban J connectivity index is 1.30. The minimum atomic E-state index is -0.334. The maximum Gasteiger partial charge on any atom is 0.232 e. The molecule has 8 rings (SSSR count). The van der Waals surface area contributed by atoms with Crippen LogP contribution < -0.4 is 44.1 Å². The van der Waals surface area contributed by atoms with Crippen LogP contribution in [0.5, 0.6) is 0 Å². The largest absolute Gasteiger partial charge is 0.341 e. The van der Waals surface area contributed by atoms with Gasteiger partial charge in [-0.2, -0.15) is 70.2 Å². The van der Waals surface area contributed by atoms with Crippen molar-refractivity contribution in [3.63, 3.8) is 0 Å². The van der Waals surface area contributed by atoms with Crippen molar-refractivity contribution >= 4 is 53.5 Å². The average molecular weight is 2020 g/mol. The summed E-state index contributed by atoms with van der Waals surface area (Å²) in [6.45, 7) is 92.5. The molecule has 832 valence electrons. The lowest BCUT2D eigenvalue weighted by Gasteiger charge is -2.56. The summed E-state index contributed by atoms with van der Waals surface area (Å²) in [7, 11) is 0. The summed E-state index contributed by atoms with van der Waals surface area (Å²) >= 11 is 0. The molecule has 0 aromatic carbocycles. The van der Waals surface area contributed by atoms with E-state index in [4.69, 9.17) is 69.0 Å². The molecule has 2 atom stereocenters. The number of hydrogen-bond donors (Lipinski definition) is 0. The summed E-state index contributed by atoms with van der Waals surface area (Å²) in [6, 6.07) is 0.685. The van der Waals surface area contributed by atoms with Crippen LogP contribution in [-0.4, -0.2) is 274 Å². The van der Waals surface area contributed by atoms with Crippen LogP contribution in [0.25, 0.3) is 0 Å². The topological polar surface area (TPSA) is 208 Å². The first kappa shape index (κ1) is 124. The summed E-state index contributed by atoms with van der Waals surface area (Å²) in [5.41, 5.74) is -2.62. The fraction of sp³-hybridized carbons (Fsp3) is 0.922. The Bertz CT molecular complexity index is 3880. The molecule has 3 aromatic heterocycles. The number of rotatable bonds is 70. The first-order valence-electron chi connectivity index (χ1n) is 59.7. The molecule has 0 bridgehead atoms. The van der Waals surface area contributed by atoms with Gasteiger partial charge in [0.15, 0.2) is 0 Å². The van der Waals surface area contributed by atoms with E-state index in [-0.39, 0.29) is 86.1 Å². The molecular formula is C116H223N23O5. The number of hydrogen-bond acceptors (Lipinski definition) is 28. The van der Waals surface area contributed by atoms with Gasteiger partial charge in [0.1, 0.15) is 0 Å². The number of aromatic nitrogens is 9. The number of unbranched alkanes of at least 4 members (excludes halogenated alkanes) is 15. The van der Waals surface area contributed by atoms with Gasteiger partial charge in [-0.1, -0.05) is 180 Å². The number of anilines is 9. The molecule has 0 amide bonds. The Morgan fingerprint density at radius 2 is 0.368 bits per heavy atom. The van der Waals surface area contributed by atoms with Gasteiger partial charge in [-0.15, -0.1) is 0 Å². The number of hydroxylamine groups is 10. The quantitative estimate of drug-likeness (QED) is 0.0481. The molecule has 5 aliphatic heterocycles. The third kappa shape index (κ3) is 35.2. The van der Waals surface area contributed by atoms with Crippen molar-refractivity contribution in [2.75, 3.05) is 162 Å². The fourth-order valence-electron chi connectivity index (χ4n) is 25.1. The lowest BCUT2D eigenvalue weighted by atomic mass is 9.78. The van der Waals surface area contributed by atoms with Gasteiger partial charge < -0.3 is 44.1 Å². The molecule has 0 spiro atoms. The van der Waals surface area contributed by atoms with E-state index in [1.54, 1.807) is 0 Å². The normalized spacial score (nSPS) is 20.5. The summed E-state index contributed by atoms with van der Waals surface area (Å²) in [5.74, 6) is 7.35. The van der Waals surface area contributed by atoms with Gasteiger partial charge >= 0.3 is 0 Å². The van der Waals surface area contributed by atoms with E-state index < -0.39 is 0 Å². The molecule has 0 radical (unpaired) electrons. The van der Waals surface area contributed by atoms with E-state index in [1.807, 2.05) is 0 Å². The fourth-order valence-corrected chi connectivity index (χ4v) is 25.1. The van der Waals surface area contributed by atoms with Crippen molar-refractivity contribution in [2.24, 2.45) is 0 Å². The Labute approximate surface area is 883 Å². The Hall–Kier alpha value is -5.17. The summed E-state index contributed by atoms with van der Waals surface area (Å²) in [4.78, 5) is 110. The minimum Gasteiger partial charge on any atom is -0.341 e. The zero-order chi connectivity index (χ0) is 106. The van der Waals surface area contributed by atoms with Crippen LogP contribution in [0.1, 0.15) is 492 Å². The van der Waals surface area contributed by atoms with Crippen molar-refractivity contribution in [1.82, 2.24) is 70.2 Å². The van der Waals surface area contributed by atoms with Crippen LogP contribution >= 0.6 is 0 Å². The maximum absolute atomic E-state index is 6.95. The predicted molar refractivity (Wildman–Crippen MR) is 608 cm³/mol. The van der Waals surface area contributed by atoms with Crippen LogP contribution in [0.15, 0.2) is 0 Å². The third-order valence-corrected chi connectivity index (χ3v) is 31.3. The molecule has 28 nitrogen and oxygen atoms in total. The second-order valence-electron chi connectivity index (χ2n) is 49.8. The molecule has 5 saturated heterocycles. The monoisotopic (exact) mass is 2020 g/mol. The Morgan fingerprint density at radius 1 is 0.201 bits per heavy atom. The maximum atomic E-state index is 6.95. The van der Waals surface area contributed by atoms with E-state index in [0.717, 1.165) is 402 Å². The zero-order valence-electron chi connectivity index (χ0n) is 99.5. The Morgan fingerprint density at radius 3 is 0.562 bits per heavy atom. The van der Waals surface area contributed by atoms with Crippen LogP contribution in [0.2, 0.25) is 0 Å². The van der Waals surface area contributed by atoms with Gasteiger partial charge in [-0.25, -0.2) is 0 Å². The van der Waals surface area contributed by atoms with Gasteiger partial charge in [0.05, 0.1) is 33.0 Å². The predicted octanol–water partition coefficient (Wildman–Crippen LogP) is 26.6. The molecule has 5 fully saturated rings. The molecule has 5 aliphatic rings. The van der Waals surface area contributed by atoms with Gasteiger partial charge in [-0.3, -0.25) is 24.2 Å². The van der Waals surface area contributed by atoms with E-state index in [0.29, 0.717) is 33.0 Å². The molecule has 0 aliphatic carbocycles. The van der Waals surface area contributed by atoms with Crippen LogP contribution in [0, 0.1) is 0 Å². The highest BCUT2D eigenvalue weighted by molar-refractivity contribution is 5.52. The van der Waals surface area contributed by atoms with Crippen molar-refractivity contribution in [2.45, 2.75) is 578 Å². The van der Waals surface area contributed by atoms with E-state index in [2.05, 4.69) is 298 Å². The van der Waals surface area contributed by atoms with E-state index >= 15 is 0 Å². The molecule has 0 N–H and O–H groups in total. The van der Waals surface area contributed by atoms with Gasteiger partial charge in [0.25, 0.3) is 0 Å². The molecule has 2 unspecified atom stereocenters. The SMILES string of the molecule is CCCCN(CCCC)c1nc(N(CCCC)CCCC)nc(N(CCCCCCN(c2nc(N(CCCC)C3CC(C)(C)N(OCCC)C(C)(C)C3)nc(N(CCCCCCN(c3nc(N(CCCC)CCCC)nc(N(CCCC)CCCC)n3)C3CC(C)(C)N(OCCC)C(C)(C)C3)C3CC(C)(C)N(OCCC)C(C)(C)C3)n2)C2CC(C)N(OCCC)C(C)(C)C2)C2CC(C)(C)N(OCCC)C(C)(C)C2)n1. The van der Waals surface area contributed by atoms with Crippen LogP contribution in [0.4, 0.5) is 53.5 Å². The number of nitrogens with zero attached hydrogens (tertiary/aromatic N) is 23. The lowest BCUT2D eigenvalue weighted by Crippen LogP contribution is -2.64. The average Bonchev–Trinajstić information content (AvgIpc) is 0.738. The summed E-state index contributed by atoms with van der Waals surface area (Å²) < 4.78 is 0. The third-order valence-electron chi connectivity index (χ3n) is 31.3. The van der Waals surface area contributed by atoms with Gasteiger partial charge in [-0.05, 0) is 311 Å². The number of piperidine rings is 5. The second kappa shape index (κ2) is 59.2. The Kier molecular flexibility index (Phi) is 51.0. The van der Waals surface area contributed by atoms with Crippen molar-refractivity contribution < 1.29 is 24.2 Å². The van der Waals surface area contributed by atoms with E-state index in [9.17, 15) is 0 Å². The smallest absolute Gasteiger partial charge is 0.232 e. The van der Waals surface area contributed by atoms with Gasteiger partial charge in [0.2, 0.25) is 53.5 Å². The van der Waals surface area contributed by atoms with Crippen molar-refractivity contribution in [3.05, 3.63) is 0 Å². The lowest BCUT2D eigenvalue weighted by molar-refractivity contribution is -0.282. The highest BCUT2D eigenvalue weighted by Crippen LogP contribution is 2.49. The molecule has 3 aromatic rings. The molecule has 0 saturated carbocycles. The first-order valence-corrected chi connectivity index (χ1v) is 59.7. The van der Waals surface area contributed by atoms with Crippen molar-refractivity contribution in [1.29, 1.82) is 0 Å². The zero-order valence-corrected chi connectivity index (χ0v) is 99.5. The molecular weight excluding hydrogens is 1800 g/mol. The molecule has 144 heavy (non-hydrogen) atoms. The van der Waals surface area contributed by atoms with Crippen LogP contribution in [-0.2, 0) is 24.2 Å².